The Morgan fingerprint density at radius 2 is 2.05 bits per heavy atom. The van der Waals surface area contributed by atoms with E-state index in [-0.39, 0.29) is 24.0 Å². The standard InChI is InChI=1S/C14H18ClN5.HI/c1-16-14(18-7-9-20-8-6-17-11-20)19-10-12-2-4-13(15)5-3-12;/h2-6,8,11H,7,9-10H2,1H3,(H2,16,18,19);1H. The van der Waals surface area contributed by atoms with Crippen molar-refractivity contribution in [2.75, 3.05) is 13.6 Å². The number of nitrogens with zero attached hydrogens (tertiary/aromatic N) is 3. The van der Waals surface area contributed by atoms with E-state index >= 15 is 0 Å². The van der Waals surface area contributed by atoms with Crippen LogP contribution in [-0.2, 0) is 13.1 Å². The molecular formula is C14H19ClIN5. The Kier molecular flexibility index (Phi) is 8.14. The molecule has 5 nitrogen and oxygen atoms in total. The minimum Gasteiger partial charge on any atom is -0.355 e. The Morgan fingerprint density at radius 1 is 1.29 bits per heavy atom. The van der Waals surface area contributed by atoms with Crippen LogP contribution in [0.5, 0.6) is 0 Å². The second-order valence-electron chi connectivity index (χ2n) is 4.28. The molecule has 2 rings (SSSR count). The van der Waals surface area contributed by atoms with Gasteiger partial charge in [0.25, 0.3) is 0 Å². The average Bonchev–Trinajstić information content (AvgIpc) is 2.97. The molecule has 2 N–H and O–H groups in total. The van der Waals surface area contributed by atoms with Crippen LogP contribution in [0, 0.1) is 0 Å². The zero-order valence-electron chi connectivity index (χ0n) is 11.8. The molecule has 0 unspecified atom stereocenters. The molecule has 0 aliphatic carbocycles. The summed E-state index contributed by atoms with van der Waals surface area (Å²) >= 11 is 5.86. The molecule has 0 spiro atoms. The van der Waals surface area contributed by atoms with Gasteiger partial charge in [-0.1, -0.05) is 23.7 Å². The van der Waals surface area contributed by atoms with Crippen LogP contribution in [0.25, 0.3) is 0 Å². The zero-order valence-corrected chi connectivity index (χ0v) is 14.9. The van der Waals surface area contributed by atoms with E-state index in [0.717, 1.165) is 29.6 Å². The molecule has 0 atom stereocenters. The van der Waals surface area contributed by atoms with Gasteiger partial charge in [0.05, 0.1) is 6.33 Å². The summed E-state index contributed by atoms with van der Waals surface area (Å²) in [4.78, 5) is 8.18. The third kappa shape index (κ3) is 6.34. The third-order valence-electron chi connectivity index (χ3n) is 2.82. The van der Waals surface area contributed by atoms with Crippen molar-refractivity contribution >= 4 is 41.5 Å². The number of halogens is 2. The van der Waals surface area contributed by atoms with Crippen LogP contribution in [0.15, 0.2) is 48.0 Å². The number of guanidine groups is 1. The lowest BCUT2D eigenvalue weighted by molar-refractivity contribution is 0.661. The van der Waals surface area contributed by atoms with E-state index in [1.165, 1.54) is 0 Å². The zero-order chi connectivity index (χ0) is 14.2. The maximum atomic E-state index is 5.86. The quantitative estimate of drug-likeness (QED) is 0.445. The Balaban J connectivity index is 0.00000220. The van der Waals surface area contributed by atoms with Crippen LogP contribution in [0.3, 0.4) is 0 Å². The lowest BCUT2D eigenvalue weighted by Gasteiger charge is -2.12. The summed E-state index contributed by atoms with van der Waals surface area (Å²) < 4.78 is 2.01. The maximum Gasteiger partial charge on any atom is 0.191 e. The topological polar surface area (TPSA) is 54.2 Å². The highest BCUT2D eigenvalue weighted by Gasteiger charge is 1.98. The molecule has 0 aliphatic rings. The monoisotopic (exact) mass is 419 g/mol. The summed E-state index contributed by atoms with van der Waals surface area (Å²) in [5.41, 5.74) is 1.16. The van der Waals surface area contributed by atoms with Gasteiger partial charge in [-0.05, 0) is 17.7 Å². The molecule has 1 aromatic carbocycles. The van der Waals surface area contributed by atoms with E-state index in [0.29, 0.717) is 6.54 Å². The van der Waals surface area contributed by atoms with E-state index < -0.39 is 0 Å². The van der Waals surface area contributed by atoms with Gasteiger partial charge in [0.15, 0.2) is 5.96 Å². The van der Waals surface area contributed by atoms with E-state index in [1.807, 2.05) is 35.0 Å². The molecule has 0 fully saturated rings. The summed E-state index contributed by atoms with van der Waals surface area (Å²) in [6.07, 6.45) is 5.50. The molecule has 0 saturated heterocycles. The smallest absolute Gasteiger partial charge is 0.191 e. The molecular weight excluding hydrogens is 401 g/mol. The van der Waals surface area contributed by atoms with E-state index in [4.69, 9.17) is 11.6 Å². The Labute approximate surface area is 146 Å². The van der Waals surface area contributed by atoms with E-state index in [9.17, 15) is 0 Å². The number of rotatable bonds is 5. The number of benzene rings is 1. The van der Waals surface area contributed by atoms with Crippen LogP contribution in [0.1, 0.15) is 5.56 Å². The second kappa shape index (κ2) is 9.62. The fourth-order valence-electron chi connectivity index (χ4n) is 1.73. The van der Waals surface area contributed by atoms with Gasteiger partial charge >= 0.3 is 0 Å². The van der Waals surface area contributed by atoms with Crippen molar-refractivity contribution in [2.45, 2.75) is 13.1 Å². The molecule has 2 aromatic rings. The minimum absolute atomic E-state index is 0. The van der Waals surface area contributed by atoms with Crippen LogP contribution in [0.4, 0.5) is 0 Å². The molecule has 0 bridgehead atoms. The number of aliphatic imine (C=N–C) groups is 1. The van der Waals surface area contributed by atoms with Crippen LogP contribution >= 0.6 is 35.6 Å². The van der Waals surface area contributed by atoms with Crippen LogP contribution in [-0.4, -0.2) is 29.1 Å². The number of aromatic nitrogens is 2. The molecule has 0 radical (unpaired) electrons. The third-order valence-corrected chi connectivity index (χ3v) is 3.07. The van der Waals surface area contributed by atoms with Crippen molar-refractivity contribution in [3.05, 3.63) is 53.6 Å². The van der Waals surface area contributed by atoms with Gasteiger partial charge in [-0.25, -0.2) is 4.98 Å². The van der Waals surface area contributed by atoms with Gasteiger partial charge in [-0.3, -0.25) is 4.99 Å². The SMILES string of the molecule is CN=C(NCCn1ccnc1)NCc1ccc(Cl)cc1.I. The van der Waals surface area contributed by atoms with Gasteiger partial charge in [0, 0.05) is 44.1 Å². The van der Waals surface area contributed by atoms with Crippen molar-refractivity contribution in [3.63, 3.8) is 0 Å². The van der Waals surface area contributed by atoms with Crippen molar-refractivity contribution in [3.8, 4) is 0 Å². The van der Waals surface area contributed by atoms with Crippen LogP contribution in [0.2, 0.25) is 5.02 Å². The second-order valence-corrected chi connectivity index (χ2v) is 4.72. The number of nitrogens with one attached hydrogen (secondary N) is 2. The summed E-state index contributed by atoms with van der Waals surface area (Å²) in [6, 6.07) is 7.75. The van der Waals surface area contributed by atoms with Gasteiger partial charge < -0.3 is 15.2 Å². The van der Waals surface area contributed by atoms with Crippen molar-refractivity contribution in [2.24, 2.45) is 4.99 Å². The summed E-state index contributed by atoms with van der Waals surface area (Å²) in [7, 11) is 1.76. The van der Waals surface area contributed by atoms with Crippen LogP contribution < -0.4 is 10.6 Å². The summed E-state index contributed by atoms with van der Waals surface area (Å²) in [6.45, 7) is 2.35. The molecule has 1 aromatic heterocycles. The lowest BCUT2D eigenvalue weighted by atomic mass is 10.2. The van der Waals surface area contributed by atoms with E-state index in [1.54, 1.807) is 19.6 Å². The highest BCUT2D eigenvalue weighted by molar-refractivity contribution is 14.0. The fourth-order valence-corrected chi connectivity index (χ4v) is 1.86. The molecule has 1 heterocycles. The Bertz CT molecular complexity index is 539. The molecule has 0 saturated carbocycles. The van der Waals surface area contributed by atoms with Crippen molar-refractivity contribution < 1.29 is 0 Å². The number of hydrogen-bond acceptors (Lipinski definition) is 2. The van der Waals surface area contributed by atoms with Gasteiger partial charge in [0.2, 0.25) is 0 Å². The highest BCUT2D eigenvalue weighted by atomic mass is 127. The Morgan fingerprint density at radius 3 is 2.67 bits per heavy atom. The van der Waals surface area contributed by atoms with Crippen molar-refractivity contribution in [1.82, 2.24) is 20.2 Å². The maximum absolute atomic E-state index is 5.86. The lowest BCUT2D eigenvalue weighted by Crippen LogP contribution is -2.38. The first-order chi connectivity index (χ1) is 9.78. The van der Waals surface area contributed by atoms with Crippen molar-refractivity contribution in [1.29, 1.82) is 0 Å². The van der Waals surface area contributed by atoms with Gasteiger partial charge in [-0.2, -0.15) is 0 Å². The van der Waals surface area contributed by atoms with E-state index in [2.05, 4.69) is 20.6 Å². The fraction of sp³-hybridized carbons (Fsp3) is 0.286. The summed E-state index contributed by atoms with van der Waals surface area (Å²) in [5.74, 6) is 0.778. The number of imidazole rings is 1. The predicted molar refractivity (Wildman–Crippen MR) is 97.3 cm³/mol. The molecule has 114 valence electrons. The van der Waals surface area contributed by atoms with Gasteiger partial charge in [0.1, 0.15) is 0 Å². The molecule has 0 aliphatic heterocycles. The average molecular weight is 420 g/mol. The molecule has 21 heavy (non-hydrogen) atoms. The largest absolute Gasteiger partial charge is 0.355 e. The molecule has 0 amide bonds. The Hall–Kier alpha value is -1.28. The predicted octanol–water partition coefficient (Wildman–Crippen LogP) is 2.52. The first kappa shape index (κ1) is 17.8. The first-order valence-corrected chi connectivity index (χ1v) is 6.80. The minimum atomic E-state index is 0. The molecule has 7 heteroatoms. The normalized spacial score (nSPS) is 10.9. The highest BCUT2D eigenvalue weighted by Crippen LogP contribution is 2.08. The van der Waals surface area contributed by atoms with Gasteiger partial charge in [-0.15, -0.1) is 24.0 Å². The summed E-state index contributed by atoms with van der Waals surface area (Å²) in [5, 5.41) is 7.26. The number of hydrogen-bond donors (Lipinski definition) is 2. The first-order valence-electron chi connectivity index (χ1n) is 6.42.